The molecule has 1 nitrogen and oxygen atoms in total. The number of carbonyl (C=O) groups excluding carboxylic acids is 1. The van der Waals surface area contributed by atoms with Crippen molar-refractivity contribution in [3.63, 3.8) is 0 Å². The molecule has 0 unspecified atom stereocenters. The molecule has 2 aromatic rings. The van der Waals surface area contributed by atoms with Gasteiger partial charge in [-0.15, -0.1) is 0 Å². The minimum absolute atomic E-state index is 0.0538. The monoisotopic (exact) mass is 209 g/mol. The van der Waals surface area contributed by atoms with E-state index >= 15 is 0 Å². The Morgan fingerprint density at radius 2 is 1.88 bits per heavy atom. The van der Waals surface area contributed by atoms with Crippen LogP contribution in [0.15, 0.2) is 48.5 Å². The third-order valence-electron chi connectivity index (χ3n) is 2.59. The lowest BCUT2D eigenvalue weighted by molar-refractivity contribution is 0.103. The average molecular weight is 209 g/mol. The van der Waals surface area contributed by atoms with Gasteiger partial charge in [0, 0.05) is 11.1 Å². The molecule has 0 amide bonds. The largest absolute Gasteiger partial charge is 0.289 e. The van der Waals surface area contributed by atoms with E-state index in [0.717, 1.165) is 17.5 Å². The minimum atomic E-state index is 0.0538. The zero-order valence-corrected chi connectivity index (χ0v) is 9.23. The van der Waals surface area contributed by atoms with Crippen LogP contribution >= 0.6 is 0 Å². The topological polar surface area (TPSA) is 17.1 Å². The highest BCUT2D eigenvalue weighted by atomic mass is 16.1. The summed E-state index contributed by atoms with van der Waals surface area (Å²) in [7, 11) is 0. The smallest absolute Gasteiger partial charge is 0.193 e. The first-order valence-corrected chi connectivity index (χ1v) is 5.42. The zero-order valence-electron chi connectivity index (χ0n) is 9.23. The summed E-state index contributed by atoms with van der Waals surface area (Å²) in [6.45, 7) is 2.05. The lowest BCUT2D eigenvalue weighted by Crippen LogP contribution is -2.04. The van der Waals surface area contributed by atoms with E-state index in [4.69, 9.17) is 0 Å². The zero-order chi connectivity index (χ0) is 11.4. The van der Waals surface area contributed by atoms with Crippen molar-refractivity contribution in [2.45, 2.75) is 13.3 Å². The van der Waals surface area contributed by atoms with Crippen molar-refractivity contribution in [3.05, 3.63) is 71.3 Å². The van der Waals surface area contributed by atoms with E-state index in [1.807, 2.05) is 49.4 Å². The first kappa shape index (κ1) is 10.6. The molecule has 0 saturated carbocycles. The summed E-state index contributed by atoms with van der Waals surface area (Å²) < 4.78 is 0. The molecule has 0 heterocycles. The van der Waals surface area contributed by atoms with E-state index in [0.29, 0.717) is 5.56 Å². The van der Waals surface area contributed by atoms with Gasteiger partial charge in [0.1, 0.15) is 0 Å². The maximum absolute atomic E-state index is 12.2. The van der Waals surface area contributed by atoms with Gasteiger partial charge in [0.15, 0.2) is 5.78 Å². The Bertz CT molecular complexity index is 486. The van der Waals surface area contributed by atoms with Crippen molar-refractivity contribution in [3.8, 4) is 0 Å². The van der Waals surface area contributed by atoms with E-state index in [1.165, 1.54) is 0 Å². The van der Waals surface area contributed by atoms with Crippen molar-refractivity contribution in [2.24, 2.45) is 0 Å². The Kier molecular flexibility index (Phi) is 3.16. The van der Waals surface area contributed by atoms with Gasteiger partial charge in [-0.1, -0.05) is 55.5 Å². The molecule has 0 aliphatic heterocycles. The molecule has 0 aliphatic carbocycles. The predicted molar refractivity (Wildman–Crippen MR) is 64.5 cm³/mol. The number of rotatable bonds is 3. The third kappa shape index (κ3) is 2.03. The van der Waals surface area contributed by atoms with Gasteiger partial charge in [0.05, 0.1) is 0 Å². The van der Waals surface area contributed by atoms with Gasteiger partial charge in [0.25, 0.3) is 0 Å². The minimum Gasteiger partial charge on any atom is -0.289 e. The highest BCUT2D eigenvalue weighted by molar-refractivity contribution is 6.09. The second-order valence-electron chi connectivity index (χ2n) is 3.62. The Morgan fingerprint density at radius 1 is 1.12 bits per heavy atom. The Morgan fingerprint density at radius 3 is 2.56 bits per heavy atom. The standard InChI is InChI=1S/C15H13O/c1-2-12-8-6-7-11-14(12)15(16)13-9-4-3-5-10-13/h3-10H,2H2,1H3. The van der Waals surface area contributed by atoms with Crippen LogP contribution in [0.5, 0.6) is 0 Å². The number of carbonyl (C=O) groups is 1. The second-order valence-corrected chi connectivity index (χ2v) is 3.62. The van der Waals surface area contributed by atoms with Crippen LogP contribution in [0.1, 0.15) is 28.4 Å². The number of aryl methyl sites for hydroxylation is 1. The molecule has 2 rings (SSSR count). The second kappa shape index (κ2) is 4.75. The fourth-order valence-electron chi connectivity index (χ4n) is 1.71. The molecule has 2 aromatic carbocycles. The molecule has 1 radical (unpaired) electrons. The molecule has 0 spiro atoms. The lowest BCUT2D eigenvalue weighted by atomic mass is 9.97. The van der Waals surface area contributed by atoms with Crippen molar-refractivity contribution >= 4 is 5.78 Å². The summed E-state index contributed by atoms with van der Waals surface area (Å²) in [5.74, 6) is 0.0538. The third-order valence-corrected chi connectivity index (χ3v) is 2.59. The average Bonchev–Trinajstić information content (AvgIpc) is 2.39. The quantitative estimate of drug-likeness (QED) is 0.709. The summed E-state index contributed by atoms with van der Waals surface area (Å²) in [6.07, 6.45) is 0.852. The molecule has 79 valence electrons. The van der Waals surface area contributed by atoms with Crippen LogP contribution in [0.25, 0.3) is 0 Å². The Labute approximate surface area is 95.7 Å². The van der Waals surface area contributed by atoms with Gasteiger partial charge in [0.2, 0.25) is 0 Å². The molecule has 0 N–H and O–H groups in total. The molecule has 0 bridgehead atoms. The fraction of sp³-hybridized carbons (Fsp3) is 0.133. The number of benzene rings is 2. The molecule has 16 heavy (non-hydrogen) atoms. The van der Waals surface area contributed by atoms with Crippen LogP contribution in [0.2, 0.25) is 0 Å². The van der Waals surface area contributed by atoms with Gasteiger partial charge >= 0.3 is 0 Å². The number of hydrogen-bond acceptors (Lipinski definition) is 1. The Hall–Kier alpha value is -1.89. The van der Waals surface area contributed by atoms with Gasteiger partial charge < -0.3 is 0 Å². The van der Waals surface area contributed by atoms with Crippen molar-refractivity contribution in [2.75, 3.05) is 0 Å². The first-order valence-electron chi connectivity index (χ1n) is 5.42. The molecule has 0 aromatic heterocycles. The van der Waals surface area contributed by atoms with Crippen LogP contribution in [-0.4, -0.2) is 5.78 Å². The number of ketones is 1. The van der Waals surface area contributed by atoms with Crippen LogP contribution in [0.3, 0.4) is 0 Å². The van der Waals surface area contributed by atoms with E-state index < -0.39 is 0 Å². The summed E-state index contributed by atoms with van der Waals surface area (Å²) in [6, 6.07) is 18.1. The van der Waals surface area contributed by atoms with Crippen molar-refractivity contribution in [1.82, 2.24) is 0 Å². The molecule has 0 aliphatic rings. The van der Waals surface area contributed by atoms with Gasteiger partial charge in [-0.25, -0.2) is 0 Å². The molecule has 0 atom stereocenters. The molecule has 0 fully saturated rings. The molecular weight excluding hydrogens is 196 g/mol. The van der Waals surface area contributed by atoms with Gasteiger partial charge in [-0.2, -0.15) is 0 Å². The van der Waals surface area contributed by atoms with E-state index in [2.05, 4.69) is 6.07 Å². The number of hydrogen-bond donors (Lipinski definition) is 0. The Balaban J connectivity index is 2.42. The van der Waals surface area contributed by atoms with Crippen molar-refractivity contribution < 1.29 is 4.79 Å². The van der Waals surface area contributed by atoms with Gasteiger partial charge in [-0.05, 0) is 18.1 Å². The van der Waals surface area contributed by atoms with Crippen LogP contribution in [-0.2, 0) is 6.42 Å². The maximum Gasteiger partial charge on any atom is 0.193 e. The lowest BCUT2D eigenvalue weighted by Gasteiger charge is -2.05. The molecule has 1 heteroatoms. The van der Waals surface area contributed by atoms with Crippen LogP contribution in [0.4, 0.5) is 0 Å². The van der Waals surface area contributed by atoms with Gasteiger partial charge in [-0.3, -0.25) is 4.79 Å². The predicted octanol–water partition coefficient (Wildman–Crippen LogP) is 3.28. The summed E-state index contributed by atoms with van der Waals surface area (Å²) in [4.78, 5) is 12.2. The highest BCUT2D eigenvalue weighted by Gasteiger charge is 2.11. The first-order chi connectivity index (χ1) is 7.83. The van der Waals surface area contributed by atoms with Crippen LogP contribution < -0.4 is 0 Å². The maximum atomic E-state index is 12.2. The SMILES string of the molecule is CCc1ccc[c]c1C(=O)c1ccccc1. The van der Waals surface area contributed by atoms with E-state index in [-0.39, 0.29) is 5.78 Å². The highest BCUT2D eigenvalue weighted by Crippen LogP contribution is 2.14. The normalized spacial score (nSPS) is 10.1. The summed E-state index contributed by atoms with van der Waals surface area (Å²) in [5.41, 5.74) is 2.47. The van der Waals surface area contributed by atoms with E-state index in [1.54, 1.807) is 6.07 Å². The summed E-state index contributed by atoms with van der Waals surface area (Å²) >= 11 is 0. The van der Waals surface area contributed by atoms with E-state index in [9.17, 15) is 4.79 Å². The molecular formula is C15H13O. The fourth-order valence-corrected chi connectivity index (χ4v) is 1.71. The summed E-state index contributed by atoms with van der Waals surface area (Å²) in [5, 5.41) is 0. The van der Waals surface area contributed by atoms with Crippen LogP contribution in [0, 0.1) is 6.07 Å². The van der Waals surface area contributed by atoms with Crippen molar-refractivity contribution in [1.29, 1.82) is 0 Å². The molecule has 0 saturated heterocycles.